The molecule has 0 N–H and O–H groups in total. The Morgan fingerprint density at radius 2 is 2.58 bits per heavy atom. The van der Waals surface area contributed by atoms with E-state index in [4.69, 9.17) is 11.6 Å². The summed E-state index contributed by atoms with van der Waals surface area (Å²) in [5.74, 6) is 1.94. The molecule has 0 saturated carbocycles. The number of hydrogen-bond donors (Lipinski definition) is 0. The fraction of sp³-hybridized carbons (Fsp3) is 0.625. The number of nitrogens with zero attached hydrogens (tertiary/aromatic N) is 1. The van der Waals surface area contributed by atoms with Gasteiger partial charge in [0.15, 0.2) is 0 Å². The van der Waals surface area contributed by atoms with Crippen LogP contribution in [0.2, 0.25) is 0 Å². The first-order chi connectivity index (χ1) is 5.81. The fourth-order valence-electron chi connectivity index (χ4n) is 1.39. The number of fused-ring (bicyclic) bond motifs is 1. The maximum atomic E-state index is 11.0. The minimum absolute atomic E-state index is 0.249. The molecule has 0 radical (unpaired) electrons. The van der Waals surface area contributed by atoms with Gasteiger partial charge in [-0.1, -0.05) is 0 Å². The van der Waals surface area contributed by atoms with Crippen LogP contribution in [0.5, 0.6) is 0 Å². The van der Waals surface area contributed by atoms with Crippen LogP contribution in [0.1, 0.15) is 12.8 Å². The van der Waals surface area contributed by atoms with Crippen molar-refractivity contribution in [3.63, 3.8) is 0 Å². The second kappa shape index (κ2) is 3.30. The molecule has 0 aliphatic carbocycles. The van der Waals surface area contributed by atoms with Gasteiger partial charge in [0.1, 0.15) is 0 Å². The zero-order valence-corrected chi connectivity index (χ0v) is 8.20. The van der Waals surface area contributed by atoms with Gasteiger partial charge < -0.3 is 4.90 Å². The standard InChI is InChI=1S/C8H10ClNOS/c9-2-1-6-4-10-7(11)3-8(10)12-5-6/h4,8H,1-3,5H2/t8-/m1/s1. The van der Waals surface area contributed by atoms with E-state index in [0.29, 0.717) is 11.3 Å². The maximum absolute atomic E-state index is 11.0. The van der Waals surface area contributed by atoms with Gasteiger partial charge in [-0.05, 0) is 12.0 Å². The van der Waals surface area contributed by atoms with E-state index in [1.165, 1.54) is 5.57 Å². The monoisotopic (exact) mass is 203 g/mol. The molecular weight excluding hydrogens is 194 g/mol. The zero-order chi connectivity index (χ0) is 8.55. The third-order valence-corrected chi connectivity index (χ3v) is 3.65. The van der Waals surface area contributed by atoms with Gasteiger partial charge in [-0.2, -0.15) is 0 Å². The smallest absolute Gasteiger partial charge is 0.230 e. The highest BCUT2D eigenvalue weighted by Gasteiger charge is 2.37. The van der Waals surface area contributed by atoms with E-state index in [0.717, 1.165) is 18.6 Å². The van der Waals surface area contributed by atoms with Crippen LogP contribution in [-0.2, 0) is 4.79 Å². The topological polar surface area (TPSA) is 20.3 Å². The molecule has 0 aromatic heterocycles. The lowest BCUT2D eigenvalue weighted by Crippen LogP contribution is -2.49. The molecular formula is C8H10ClNOS. The molecule has 4 heteroatoms. The second-order valence-corrected chi connectivity index (χ2v) is 4.54. The second-order valence-electron chi connectivity index (χ2n) is 3.00. The Bertz CT molecular complexity index is 241. The minimum Gasteiger partial charge on any atom is -0.306 e. The predicted octanol–water partition coefficient (Wildman–Crippen LogP) is 1.80. The van der Waals surface area contributed by atoms with E-state index < -0.39 is 0 Å². The van der Waals surface area contributed by atoms with Crippen molar-refractivity contribution in [2.24, 2.45) is 0 Å². The number of β-lactam (4-membered cyclic amide) rings is 1. The molecule has 2 nitrogen and oxygen atoms in total. The van der Waals surface area contributed by atoms with Gasteiger partial charge in [-0.25, -0.2) is 0 Å². The Morgan fingerprint density at radius 3 is 3.25 bits per heavy atom. The number of hydrogen-bond acceptors (Lipinski definition) is 2. The fourth-order valence-corrected chi connectivity index (χ4v) is 2.86. The van der Waals surface area contributed by atoms with E-state index in [-0.39, 0.29) is 5.91 Å². The lowest BCUT2D eigenvalue weighted by Gasteiger charge is -2.41. The quantitative estimate of drug-likeness (QED) is 0.504. The maximum Gasteiger partial charge on any atom is 0.230 e. The van der Waals surface area contributed by atoms with Crippen LogP contribution in [0.3, 0.4) is 0 Å². The van der Waals surface area contributed by atoms with Gasteiger partial charge in [0.2, 0.25) is 5.91 Å². The number of alkyl halides is 1. The first kappa shape index (κ1) is 8.45. The first-order valence-electron chi connectivity index (χ1n) is 3.99. The molecule has 1 amide bonds. The highest BCUT2D eigenvalue weighted by Crippen LogP contribution is 2.36. The molecule has 2 rings (SSSR count). The summed E-state index contributed by atoms with van der Waals surface area (Å²) in [7, 11) is 0. The molecule has 1 saturated heterocycles. The summed E-state index contributed by atoms with van der Waals surface area (Å²) in [5.41, 5.74) is 1.29. The molecule has 0 aromatic carbocycles. The number of rotatable bonds is 2. The van der Waals surface area contributed by atoms with Crippen molar-refractivity contribution in [1.82, 2.24) is 4.90 Å². The van der Waals surface area contributed by atoms with Crippen LogP contribution >= 0.6 is 23.4 Å². The van der Waals surface area contributed by atoms with Crippen LogP contribution in [0, 0.1) is 0 Å². The molecule has 2 heterocycles. The molecule has 66 valence electrons. The van der Waals surface area contributed by atoms with E-state index in [1.807, 2.05) is 22.9 Å². The number of amides is 1. The Hall–Kier alpha value is -0.150. The van der Waals surface area contributed by atoms with Crippen LogP contribution in [-0.4, -0.2) is 27.8 Å². The highest BCUT2D eigenvalue weighted by molar-refractivity contribution is 8.00. The summed E-state index contributed by atoms with van der Waals surface area (Å²) < 4.78 is 0. The van der Waals surface area contributed by atoms with E-state index >= 15 is 0 Å². The van der Waals surface area contributed by atoms with Crippen molar-refractivity contribution in [1.29, 1.82) is 0 Å². The summed E-state index contributed by atoms with van der Waals surface area (Å²) >= 11 is 7.46. The number of halogens is 1. The molecule has 0 unspecified atom stereocenters. The molecule has 1 atom stereocenters. The van der Waals surface area contributed by atoms with Crippen LogP contribution < -0.4 is 0 Å². The normalized spacial score (nSPS) is 27.8. The van der Waals surface area contributed by atoms with Gasteiger partial charge in [-0.15, -0.1) is 23.4 Å². The Labute approximate surface area is 80.9 Å². The molecule has 2 aliphatic rings. The van der Waals surface area contributed by atoms with Crippen LogP contribution in [0.4, 0.5) is 0 Å². The molecule has 12 heavy (non-hydrogen) atoms. The van der Waals surface area contributed by atoms with Gasteiger partial charge in [0.05, 0.1) is 11.8 Å². The van der Waals surface area contributed by atoms with Gasteiger partial charge >= 0.3 is 0 Å². The average Bonchev–Trinajstić information content (AvgIpc) is 2.07. The van der Waals surface area contributed by atoms with E-state index in [2.05, 4.69) is 0 Å². The van der Waals surface area contributed by atoms with Crippen molar-refractivity contribution in [2.45, 2.75) is 18.2 Å². The largest absolute Gasteiger partial charge is 0.306 e. The summed E-state index contributed by atoms with van der Waals surface area (Å²) in [5, 5.41) is 0.427. The highest BCUT2D eigenvalue weighted by atomic mass is 35.5. The summed E-state index contributed by atoms with van der Waals surface area (Å²) in [6.07, 6.45) is 3.61. The van der Waals surface area contributed by atoms with Crippen LogP contribution in [0.15, 0.2) is 11.8 Å². The van der Waals surface area contributed by atoms with Gasteiger partial charge in [-0.3, -0.25) is 4.79 Å². The van der Waals surface area contributed by atoms with Crippen molar-refractivity contribution < 1.29 is 4.79 Å². The van der Waals surface area contributed by atoms with Crippen molar-refractivity contribution in [3.05, 3.63) is 11.8 Å². The molecule has 0 aromatic rings. The average molecular weight is 204 g/mol. The zero-order valence-electron chi connectivity index (χ0n) is 6.62. The predicted molar refractivity (Wildman–Crippen MR) is 51.1 cm³/mol. The lowest BCUT2D eigenvalue weighted by atomic mass is 10.1. The Kier molecular flexibility index (Phi) is 2.33. The van der Waals surface area contributed by atoms with Gasteiger partial charge in [0, 0.05) is 17.8 Å². The van der Waals surface area contributed by atoms with Crippen molar-refractivity contribution in [2.75, 3.05) is 11.6 Å². The van der Waals surface area contributed by atoms with Crippen molar-refractivity contribution in [3.8, 4) is 0 Å². The Morgan fingerprint density at radius 1 is 1.75 bits per heavy atom. The third-order valence-electron chi connectivity index (χ3n) is 2.15. The lowest BCUT2D eigenvalue weighted by molar-refractivity contribution is -0.137. The summed E-state index contributed by atoms with van der Waals surface area (Å²) in [6.45, 7) is 0. The summed E-state index contributed by atoms with van der Waals surface area (Å²) in [4.78, 5) is 12.9. The minimum atomic E-state index is 0.249. The van der Waals surface area contributed by atoms with Crippen molar-refractivity contribution >= 4 is 29.3 Å². The van der Waals surface area contributed by atoms with Crippen LogP contribution in [0.25, 0.3) is 0 Å². The molecule has 2 aliphatic heterocycles. The molecule has 0 spiro atoms. The third kappa shape index (κ3) is 1.36. The number of carbonyl (C=O) groups excluding carboxylic acids is 1. The number of thioether (sulfide) groups is 1. The van der Waals surface area contributed by atoms with E-state index in [9.17, 15) is 4.79 Å². The molecule has 1 fully saturated rings. The summed E-state index contributed by atoms with van der Waals surface area (Å²) in [6, 6.07) is 0. The van der Waals surface area contributed by atoms with Gasteiger partial charge in [0.25, 0.3) is 0 Å². The first-order valence-corrected chi connectivity index (χ1v) is 5.58. The number of carbonyl (C=O) groups is 1. The SMILES string of the molecule is O=C1C[C@H]2SCC(CCCl)=CN12. The Balaban J connectivity index is 2.03. The van der Waals surface area contributed by atoms with E-state index in [1.54, 1.807) is 0 Å². The molecule has 0 bridgehead atoms.